The summed E-state index contributed by atoms with van der Waals surface area (Å²) in [6.45, 7) is 3.33. The molecule has 0 saturated heterocycles. The first-order valence-corrected chi connectivity index (χ1v) is 6.00. The zero-order valence-corrected chi connectivity index (χ0v) is 11.3. The van der Waals surface area contributed by atoms with Gasteiger partial charge in [-0.25, -0.2) is 4.39 Å². The van der Waals surface area contributed by atoms with Crippen LogP contribution in [0.2, 0.25) is 5.02 Å². The van der Waals surface area contributed by atoms with Crippen LogP contribution in [0.5, 0.6) is 0 Å². The molecule has 0 aromatic heterocycles. The van der Waals surface area contributed by atoms with Crippen molar-refractivity contribution < 1.29 is 9.50 Å². The summed E-state index contributed by atoms with van der Waals surface area (Å²) < 4.78 is 14.3. The van der Waals surface area contributed by atoms with E-state index in [1.54, 1.807) is 24.3 Å². The lowest BCUT2D eigenvalue weighted by Crippen LogP contribution is -1.95. The van der Waals surface area contributed by atoms with Crippen LogP contribution >= 0.6 is 27.5 Å². The minimum Gasteiger partial charge on any atom is -0.392 e. The summed E-state index contributed by atoms with van der Waals surface area (Å²) in [6, 6.07) is 4.40. The predicted octanol–water partition coefficient (Wildman–Crippen LogP) is 4.32. The van der Waals surface area contributed by atoms with Gasteiger partial charge in [0.25, 0.3) is 0 Å². The minimum absolute atomic E-state index is 0.224. The Kier molecular flexibility index (Phi) is 5.62. The Balaban J connectivity index is 3.14. The van der Waals surface area contributed by atoms with Crippen molar-refractivity contribution in [3.05, 3.63) is 63.9 Å². The zero-order valence-electron chi connectivity index (χ0n) is 8.96. The van der Waals surface area contributed by atoms with E-state index < -0.39 is 5.82 Å². The van der Waals surface area contributed by atoms with Crippen molar-refractivity contribution in [1.82, 2.24) is 0 Å². The predicted molar refractivity (Wildman–Crippen MR) is 73.7 cm³/mol. The van der Waals surface area contributed by atoms with Crippen molar-refractivity contribution in [2.24, 2.45) is 0 Å². The highest BCUT2D eigenvalue weighted by Gasteiger charge is 2.10. The van der Waals surface area contributed by atoms with Gasteiger partial charge in [0.05, 0.1) is 11.6 Å². The van der Waals surface area contributed by atoms with Gasteiger partial charge in [0.15, 0.2) is 0 Å². The first-order chi connectivity index (χ1) is 8.06. The molecule has 1 nitrogen and oxygen atoms in total. The van der Waals surface area contributed by atoms with Gasteiger partial charge in [0.2, 0.25) is 0 Å². The van der Waals surface area contributed by atoms with E-state index in [1.165, 1.54) is 12.1 Å². The first kappa shape index (κ1) is 14.2. The zero-order chi connectivity index (χ0) is 12.8. The van der Waals surface area contributed by atoms with Gasteiger partial charge >= 0.3 is 0 Å². The minimum atomic E-state index is -0.455. The highest BCUT2D eigenvalue weighted by molar-refractivity contribution is 9.11. The maximum atomic E-state index is 13.6. The normalized spacial score (nSPS) is 12.1. The second-order valence-electron chi connectivity index (χ2n) is 3.25. The molecule has 0 unspecified atom stereocenters. The number of halogens is 3. The van der Waals surface area contributed by atoms with Crippen molar-refractivity contribution in [2.75, 3.05) is 6.61 Å². The van der Waals surface area contributed by atoms with Gasteiger partial charge in [-0.2, -0.15) is 0 Å². The van der Waals surface area contributed by atoms with Crippen molar-refractivity contribution >= 4 is 33.1 Å². The van der Waals surface area contributed by atoms with E-state index in [2.05, 4.69) is 22.5 Å². The van der Waals surface area contributed by atoms with E-state index in [0.29, 0.717) is 10.1 Å². The Hall–Kier alpha value is -0.900. The molecule has 0 aliphatic carbocycles. The molecular formula is C13H11BrClFO. The van der Waals surface area contributed by atoms with Crippen LogP contribution < -0.4 is 0 Å². The van der Waals surface area contributed by atoms with Crippen molar-refractivity contribution in [2.45, 2.75) is 0 Å². The maximum absolute atomic E-state index is 13.6. The second-order valence-corrected chi connectivity index (χ2v) is 4.68. The third kappa shape index (κ3) is 4.11. The average Bonchev–Trinajstić information content (AvgIpc) is 2.26. The summed E-state index contributed by atoms with van der Waals surface area (Å²) in [5.74, 6) is -0.455. The summed E-state index contributed by atoms with van der Waals surface area (Å²) in [5, 5.41) is 9.51. The van der Waals surface area contributed by atoms with Gasteiger partial charge in [-0.3, -0.25) is 0 Å². The van der Waals surface area contributed by atoms with Crippen LogP contribution in [0.15, 0.2) is 47.5 Å². The summed E-state index contributed by atoms with van der Waals surface area (Å²) in [5.41, 5.74) is 0.639. The third-order valence-electron chi connectivity index (χ3n) is 2.03. The van der Waals surface area contributed by atoms with E-state index in [9.17, 15) is 9.50 Å². The van der Waals surface area contributed by atoms with Crippen molar-refractivity contribution in [3.63, 3.8) is 0 Å². The smallest absolute Gasteiger partial charge is 0.132 e. The van der Waals surface area contributed by atoms with Gasteiger partial charge < -0.3 is 5.11 Å². The van der Waals surface area contributed by atoms with Crippen LogP contribution in [0.25, 0.3) is 5.57 Å². The largest absolute Gasteiger partial charge is 0.392 e. The molecule has 0 spiro atoms. The number of hydrogen-bond donors (Lipinski definition) is 1. The third-order valence-corrected chi connectivity index (χ3v) is 2.61. The van der Waals surface area contributed by atoms with Gasteiger partial charge in [-0.05, 0) is 23.8 Å². The lowest BCUT2D eigenvalue weighted by Gasteiger charge is -2.07. The van der Waals surface area contributed by atoms with E-state index in [4.69, 9.17) is 11.6 Å². The number of benzene rings is 1. The summed E-state index contributed by atoms with van der Waals surface area (Å²) in [7, 11) is 0. The number of rotatable bonds is 4. The lowest BCUT2D eigenvalue weighted by atomic mass is 10.1. The fraction of sp³-hybridized carbons (Fsp3) is 0.0769. The molecule has 0 saturated carbocycles. The Morgan fingerprint density at radius 2 is 2.24 bits per heavy atom. The fourth-order valence-corrected chi connectivity index (χ4v) is 1.73. The van der Waals surface area contributed by atoms with E-state index in [0.717, 1.165) is 0 Å². The van der Waals surface area contributed by atoms with E-state index in [-0.39, 0.29) is 17.2 Å². The molecule has 0 atom stereocenters. The van der Waals surface area contributed by atoms with Crippen molar-refractivity contribution in [3.8, 4) is 0 Å². The van der Waals surface area contributed by atoms with Crippen LogP contribution in [0.3, 0.4) is 0 Å². The number of aliphatic hydroxyl groups is 1. The van der Waals surface area contributed by atoms with Gasteiger partial charge in [-0.15, -0.1) is 0 Å². The summed E-state index contributed by atoms with van der Waals surface area (Å²) in [6.07, 6.45) is 4.94. The van der Waals surface area contributed by atoms with Crippen LogP contribution in [-0.2, 0) is 0 Å². The molecule has 0 heterocycles. The van der Waals surface area contributed by atoms with Crippen LogP contribution in [0.4, 0.5) is 4.39 Å². The molecule has 1 N–H and O–H groups in total. The Bertz CT molecular complexity index is 460. The molecule has 0 aliphatic heterocycles. The van der Waals surface area contributed by atoms with Crippen LogP contribution in [0.1, 0.15) is 5.56 Å². The molecule has 0 bridgehead atoms. The van der Waals surface area contributed by atoms with Gasteiger partial charge in [-0.1, -0.05) is 52.3 Å². The summed E-state index contributed by atoms with van der Waals surface area (Å²) in [4.78, 5) is 0. The van der Waals surface area contributed by atoms with Gasteiger partial charge in [0.1, 0.15) is 5.82 Å². The highest BCUT2D eigenvalue weighted by Crippen LogP contribution is 2.26. The van der Waals surface area contributed by atoms with Crippen LogP contribution in [0, 0.1) is 5.82 Å². The first-order valence-electron chi connectivity index (χ1n) is 4.83. The Morgan fingerprint density at radius 1 is 1.53 bits per heavy atom. The molecule has 1 rings (SSSR count). The number of hydrogen-bond acceptors (Lipinski definition) is 1. The monoisotopic (exact) mass is 316 g/mol. The molecule has 0 radical (unpaired) electrons. The highest BCUT2D eigenvalue weighted by atomic mass is 79.9. The number of allylic oxidation sites excluding steroid dienone is 4. The second kappa shape index (κ2) is 6.74. The van der Waals surface area contributed by atoms with E-state index in [1.807, 2.05) is 0 Å². The fourth-order valence-electron chi connectivity index (χ4n) is 1.29. The van der Waals surface area contributed by atoms with E-state index >= 15 is 0 Å². The Labute approximate surface area is 113 Å². The maximum Gasteiger partial charge on any atom is 0.132 e. The average molecular weight is 318 g/mol. The van der Waals surface area contributed by atoms with Gasteiger partial charge in [0, 0.05) is 10.0 Å². The standard InChI is InChI=1S/C13H11BrClFO/c1-9(14)4-2-5-10(8-17)13-11(15)6-3-7-12(13)16/h2-7,17H,1,8H2/b4-2-,10-5+. The molecule has 0 fully saturated rings. The topological polar surface area (TPSA) is 20.2 Å². The molecule has 0 amide bonds. The molecule has 0 aliphatic rings. The Morgan fingerprint density at radius 3 is 2.76 bits per heavy atom. The van der Waals surface area contributed by atoms with Crippen LogP contribution in [-0.4, -0.2) is 11.7 Å². The molecule has 1 aromatic rings. The summed E-state index contributed by atoms with van der Waals surface area (Å²) >= 11 is 9.06. The SMILES string of the molecule is C=C(Br)/C=C\C=C(/CO)c1c(F)cccc1Cl. The molecule has 90 valence electrons. The lowest BCUT2D eigenvalue weighted by molar-refractivity contribution is 0.349. The number of aliphatic hydroxyl groups excluding tert-OH is 1. The molecule has 1 aromatic carbocycles. The molecular weight excluding hydrogens is 306 g/mol. The molecule has 4 heteroatoms. The molecule has 17 heavy (non-hydrogen) atoms. The van der Waals surface area contributed by atoms with Crippen molar-refractivity contribution in [1.29, 1.82) is 0 Å². The quantitative estimate of drug-likeness (QED) is 0.820.